The van der Waals surface area contributed by atoms with Crippen LogP contribution in [0.2, 0.25) is 0 Å². The zero-order chi connectivity index (χ0) is 19.1. The van der Waals surface area contributed by atoms with Crippen LogP contribution in [0.4, 0.5) is 0 Å². The summed E-state index contributed by atoms with van der Waals surface area (Å²) in [5.41, 5.74) is 10.7. The summed E-state index contributed by atoms with van der Waals surface area (Å²) in [6.45, 7) is 5.60. The summed E-state index contributed by atoms with van der Waals surface area (Å²) in [5.74, 6) is -1.64. The Morgan fingerprint density at radius 2 is 1.84 bits per heavy atom. The lowest BCUT2D eigenvalue weighted by Crippen LogP contribution is -2.55. The highest BCUT2D eigenvalue weighted by Crippen LogP contribution is 2.19. The summed E-state index contributed by atoms with van der Waals surface area (Å²) in [6, 6.07) is -2.10. The van der Waals surface area contributed by atoms with Crippen LogP contribution >= 0.6 is 0 Å². The van der Waals surface area contributed by atoms with Gasteiger partial charge in [0.25, 0.3) is 0 Å². The number of likely N-dealkylation sites (tertiary alicyclic amines) is 1. The number of carbonyl (C=O) groups is 4. The molecule has 0 aromatic carbocycles. The molecule has 3 atom stereocenters. The molecule has 1 rings (SSSR count). The van der Waals surface area contributed by atoms with Gasteiger partial charge in [0, 0.05) is 6.54 Å². The second-order valence-corrected chi connectivity index (χ2v) is 6.85. The van der Waals surface area contributed by atoms with E-state index in [1.807, 2.05) is 13.8 Å². The van der Waals surface area contributed by atoms with E-state index in [0.717, 1.165) is 0 Å². The molecule has 0 saturated carbocycles. The molecule has 0 spiro atoms. The van der Waals surface area contributed by atoms with Gasteiger partial charge in [-0.15, -0.1) is 0 Å². The monoisotopic (exact) mass is 355 g/mol. The van der Waals surface area contributed by atoms with Crippen LogP contribution in [0.3, 0.4) is 0 Å². The van der Waals surface area contributed by atoms with Crippen LogP contribution in [0.25, 0.3) is 0 Å². The van der Waals surface area contributed by atoms with Gasteiger partial charge >= 0.3 is 0 Å². The molecule has 4 amide bonds. The maximum absolute atomic E-state index is 12.6. The minimum Gasteiger partial charge on any atom is -0.368 e. The Morgan fingerprint density at radius 3 is 2.36 bits per heavy atom. The second-order valence-electron chi connectivity index (χ2n) is 6.85. The van der Waals surface area contributed by atoms with E-state index in [1.165, 1.54) is 4.90 Å². The lowest BCUT2D eigenvalue weighted by atomic mass is 10.0. The van der Waals surface area contributed by atoms with E-state index in [2.05, 4.69) is 10.6 Å². The molecule has 9 heteroatoms. The van der Waals surface area contributed by atoms with Crippen LogP contribution in [0, 0.1) is 5.92 Å². The van der Waals surface area contributed by atoms with Gasteiger partial charge in [0.15, 0.2) is 0 Å². The maximum atomic E-state index is 12.6. The van der Waals surface area contributed by atoms with E-state index in [0.29, 0.717) is 25.8 Å². The van der Waals surface area contributed by atoms with E-state index in [1.54, 1.807) is 6.92 Å². The van der Waals surface area contributed by atoms with Crippen molar-refractivity contribution >= 4 is 23.6 Å². The summed E-state index contributed by atoms with van der Waals surface area (Å²) in [5, 5.41) is 5.11. The molecule has 9 nitrogen and oxygen atoms in total. The van der Waals surface area contributed by atoms with E-state index >= 15 is 0 Å². The number of hydrogen-bond acceptors (Lipinski definition) is 5. The highest BCUT2D eigenvalue weighted by molar-refractivity contribution is 5.94. The van der Waals surface area contributed by atoms with Gasteiger partial charge < -0.3 is 27.0 Å². The molecule has 1 aliphatic rings. The van der Waals surface area contributed by atoms with Crippen molar-refractivity contribution in [2.75, 3.05) is 13.1 Å². The number of hydrogen-bond donors (Lipinski definition) is 4. The quantitative estimate of drug-likeness (QED) is 0.416. The van der Waals surface area contributed by atoms with Crippen molar-refractivity contribution in [1.82, 2.24) is 15.5 Å². The topological polar surface area (TPSA) is 148 Å². The van der Waals surface area contributed by atoms with Crippen molar-refractivity contribution < 1.29 is 19.2 Å². The molecule has 6 N–H and O–H groups in total. The highest BCUT2D eigenvalue weighted by Gasteiger charge is 2.36. The van der Waals surface area contributed by atoms with Gasteiger partial charge in [0.2, 0.25) is 23.6 Å². The molecule has 142 valence electrons. The van der Waals surface area contributed by atoms with Crippen molar-refractivity contribution in [3.63, 3.8) is 0 Å². The third-order valence-corrected chi connectivity index (χ3v) is 4.00. The number of nitrogens with two attached hydrogens (primary N) is 2. The molecule has 0 aromatic heterocycles. The fourth-order valence-electron chi connectivity index (χ4n) is 2.83. The molecule has 25 heavy (non-hydrogen) atoms. The second kappa shape index (κ2) is 9.36. The molecule has 1 aliphatic heterocycles. The first kappa shape index (κ1) is 20.9. The van der Waals surface area contributed by atoms with E-state index < -0.39 is 29.9 Å². The third kappa shape index (κ3) is 6.33. The number of primary amides is 1. The molecule has 0 aromatic rings. The van der Waals surface area contributed by atoms with Gasteiger partial charge in [0.05, 0.1) is 12.6 Å². The van der Waals surface area contributed by atoms with Gasteiger partial charge in [-0.25, -0.2) is 0 Å². The lowest BCUT2D eigenvalue weighted by Gasteiger charge is -2.28. The Kier molecular flexibility index (Phi) is 7.82. The Balaban J connectivity index is 2.77. The number of nitrogens with zero attached hydrogens (tertiary/aromatic N) is 1. The first-order chi connectivity index (χ1) is 11.6. The number of rotatable bonds is 8. The summed E-state index contributed by atoms with van der Waals surface area (Å²) in [6.07, 6.45) is 1.64. The highest BCUT2D eigenvalue weighted by atomic mass is 16.2. The zero-order valence-corrected chi connectivity index (χ0v) is 15.1. The summed E-state index contributed by atoms with van der Waals surface area (Å²) < 4.78 is 0. The van der Waals surface area contributed by atoms with E-state index in [9.17, 15) is 19.2 Å². The van der Waals surface area contributed by atoms with Crippen LogP contribution in [0.1, 0.15) is 40.0 Å². The summed E-state index contributed by atoms with van der Waals surface area (Å²) in [4.78, 5) is 49.2. The Bertz CT molecular complexity index is 521. The van der Waals surface area contributed by atoms with Crippen LogP contribution in [0.15, 0.2) is 0 Å². The van der Waals surface area contributed by atoms with Crippen molar-refractivity contribution in [1.29, 1.82) is 0 Å². The number of amides is 4. The number of carbonyl (C=O) groups excluding carboxylic acids is 4. The van der Waals surface area contributed by atoms with Gasteiger partial charge in [-0.2, -0.15) is 0 Å². The normalized spacial score (nSPS) is 19.4. The van der Waals surface area contributed by atoms with Crippen molar-refractivity contribution in [2.45, 2.75) is 58.2 Å². The Morgan fingerprint density at radius 1 is 1.20 bits per heavy atom. The first-order valence-corrected chi connectivity index (χ1v) is 8.56. The van der Waals surface area contributed by atoms with Crippen LogP contribution in [-0.2, 0) is 19.2 Å². The fraction of sp³-hybridized carbons (Fsp3) is 0.750. The average molecular weight is 355 g/mol. The third-order valence-electron chi connectivity index (χ3n) is 4.00. The molecule has 1 fully saturated rings. The summed E-state index contributed by atoms with van der Waals surface area (Å²) >= 11 is 0. The smallest absolute Gasteiger partial charge is 0.243 e. The number of nitrogens with one attached hydrogen (secondary N) is 2. The van der Waals surface area contributed by atoms with Gasteiger partial charge in [-0.1, -0.05) is 13.8 Å². The minimum atomic E-state index is -0.792. The van der Waals surface area contributed by atoms with Gasteiger partial charge in [-0.3, -0.25) is 19.2 Å². The lowest BCUT2D eigenvalue weighted by molar-refractivity contribution is -0.140. The van der Waals surface area contributed by atoms with Crippen molar-refractivity contribution in [3.8, 4) is 0 Å². The minimum absolute atomic E-state index is 0.148. The maximum Gasteiger partial charge on any atom is 0.243 e. The molecule has 0 aliphatic carbocycles. The van der Waals surface area contributed by atoms with Crippen molar-refractivity contribution in [2.24, 2.45) is 17.4 Å². The van der Waals surface area contributed by atoms with Gasteiger partial charge in [-0.05, 0) is 32.1 Å². The van der Waals surface area contributed by atoms with Crippen molar-refractivity contribution in [3.05, 3.63) is 0 Å². The zero-order valence-electron chi connectivity index (χ0n) is 15.1. The predicted molar refractivity (Wildman–Crippen MR) is 92.0 cm³/mol. The van der Waals surface area contributed by atoms with E-state index in [-0.39, 0.29) is 24.3 Å². The van der Waals surface area contributed by atoms with Crippen LogP contribution in [-0.4, -0.2) is 59.7 Å². The molecular weight excluding hydrogens is 326 g/mol. The largest absolute Gasteiger partial charge is 0.368 e. The molecule has 3 unspecified atom stereocenters. The Labute approximate surface area is 147 Å². The molecule has 1 heterocycles. The van der Waals surface area contributed by atoms with Gasteiger partial charge in [0.1, 0.15) is 12.1 Å². The molecule has 0 radical (unpaired) electrons. The molecule has 1 saturated heterocycles. The fourth-order valence-corrected chi connectivity index (χ4v) is 2.83. The Hall–Kier alpha value is -2.16. The molecular formula is C16H29N5O4. The van der Waals surface area contributed by atoms with Crippen LogP contribution in [0.5, 0.6) is 0 Å². The SMILES string of the molecule is CC(C)CC(NC(=O)C1CCCN1C(=O)C(C)N)C(=O)NCC(N)=O. The molecule has 0 bridgehead atoms. The standard InChI is InChI=1S/C16H29N5O4/c1-9(2)7-11(14(23)19-8-13(18)22)20-15(24)12-5-4-6-21(12)16(25)10(3)17/h9-12H,4-8,17H2,1-3H3,(H2,18,22)(H,19,23)(H,20,24). The summed E-state index contributed by atoms with van der Waals surface area (Å²) in [7, 11) is 0. The average Bonchev–Trinajstić information content (AvgIpc) is 2.99. The first-order valence-electron chi connectivity index (χ1n) is 8.56. The van der Waals surface area contributed by atoms with Crippen LogP contribution < -0.4 is 22.1 Å². The van der Waals surface area contributed by atoms with E-state index in [4.69, 9.17) is 11.5 Å². The predicted octanol–water partition coefficient (Wildman–Crippen LogP) is -1.54.